The van der Waals surface area contributed by atoms with Crippen LogP contribution in [-0.2, 0) is 11.2 Å². The second-order valence-corrected chi connectivity index (χ2v) is 5.34. The highest BCUT2D eigenvalue weighted by atomic mass is 35.5. The molecule has 1 rings (SSSR count). The third kappa shape index (κ3) is 4.49. The number of rotatable bonds is 6. The molecule has 1 aromatic rings. The maximum Gasteiger partial charge on any atom is 0.326 e. The van der Waals surface area contributed by atoms with Crippen molar-refractivity contribution in [2.45, 2.75) is 39.7 Å². The standard InChI is InChI=1S/C14H19ClN2O3/c1-4-5-10-6-9(7-11(15)16-10)13(18)17-12(8(2)3)14(19)20/h6-8,12H,4-5H2,1-3H3,(H,17,18)(H,19,20)/t12-/m0/s1. The largest absolute Gasteiger partial charge is 0.480 e. The summed E-state index contributed by atoms with van der Waals surface area (Å²) < 4.78 is 0. The molecule has 1 amide bonds. The smallest absolute Gasteiger partial charge is 0.326 e. The minimum Gasteiger partial charge on any atom is -0.480 e. The fourth-order valence-electron chi connectivity index (χ4n) is 1.80. The molecule has 0 aliphatic carbocycles. The SMILES string of the molecule is CCCc1cc(C(=O)N[C@H](C(=O)O)C(C)C)cc(Cl)n1. The van der Waals surface area contributed by atoms with Crippen molar-refractivity contribution in [2.24, 2.45) is 5.92 Å². The van der Waals surface area contributed by atoms with Crippen LogP contribution in [0.1, 0.15) is 43.2 Å². The highest BCUT2D eigenvalue weighted by Gasteiger charge is 2.24. The molecule has 2 N–H and O–H groups in total. The van der Waals surface area contributed by atoms with Crippen LogP contribution < -0.4 is 5.32 Å². The zero-order chi connectivity index (χ0) is 15.3. The lowest BCUT2D eigenvalue weighted by Crippen LogP contribution is -2.44. The van der Waals surface area contributed by atoms with E-state index in [0.717, 1.165) is 12.1 Å². The lowest BCUT2D eigenvalue weighted by atomic mass is 10.0. The van der Waals surface area contributed by atoms with Gasteiger partial charge >= 0.3 is 5.97 Å². The Morgan fingerprint density at radius 1 is 1.40 bits per heavy atom. The van der Waals surface area contributed by atoms with E-state index >= 15 is 0 Å². The monoisotopic (exact) mass is 298 g/mol. The van der Waals surface area contributed by atoms with E-state index < -0.39 is 17.9 Å². The van der Waals surface area contributed by atoms with E-state index in [1.807, 2.05) is 6.92 Å². The van der Waals surface area contributed by atoms with Crippen LogP contribution in [0.15, 0.2) is 12.1 Å². The van der Waals surface area contributed by atoms with Crippen LogP contribution in [0.5, 0.6) is 0 Å². The molecule has 0 fully saturated rings. The third-order valence-corrected chi connectivity index (χ3v) is 3.03. The Morgan fingerprint density at radius 3 is 2.55 bits per heavy atom. The summed E-state index contributed by atoms with van der Waals surface area (Å²) in [6.45, 7) is 5.48. The molecule has 0 unspecified atom stereocenters. The number of halogens is 1. The van der Waals surface area contributed by atoms with Gasteiger partial charge in [-0.2, -0.15) is 0 Å². The first-order chi connectivity index (χ1) is 9.35. The van der Waals surface area contributed by atoms with E-state index in [2.05, 4.69) is 10.3 Å². The molecule has 1 atom stereocenters. The van der Waals surface area contributed by atoms with Crippen molar-refractivity contribution in [3.05, 3.63) is 28.5 Å². The zero-order valence-electron chi connectivity index (χ0n) is 11.8. The van der Waals surface area contributed by atoms with Crippen molar-refractivity contribution in [1.82, 2.24) is 10.3 Å². The Kier molecular flexibility index (Phi) is 5.95. The summed E-state index contributed by atoms with van der Waals surface area (Å²) in [6.07, 6.45) is 1.60. The van der Waals surface area contributed by atoms with Gasteiger partial charge in [-0.3, -0.25) is 4.79 Å². The minimum atomic E-state index is -1.05. The van der Waals surface area contributed by atoms with Gasteiger partial charge in [0.25, 0.3) is 5.91 Å². The number of nitrogens with one attached hydrogen (secondary N) is 1. The van der Waals surface area contributed by atoms with Gasteiger partial charge < -0.3 is 10.4 Å². The molecule has 0 aromatic carbocycles. The van der Waals surface area contributed by atoms with Crippen LogP contribution in [0.4, 0.5) is 0 Å². The summed E-state index contributed by atoms with van der Waals surface area (Å²) in [4.78, 5) is 27.3. The van der Waals surface area contributed by atoms with Gasteiger partial charge in [0.2, 0.25) is 0 Å². The molecule has 110 valence electrons. The van der Waals surface area contributed by atoms with Gasteiger partial charge in [0, 0.05) is 11.3 Å². The number of carboxylic acids is 1. The molecule has 0 spiro atoms. The second-order valence-electron chi connectivity index (χ2n) is 4.95. The Morgan fingerprint density at radius 2 is 2.05 bits per heavy atom. The summed E-state index contributed by atoms with van der Waals surface area (Å²) >= 11 is 5.88. The molecule has 0 bridgehead atoms. The van der Waals surface area contributed by atoms with Crippen LogP contribution >= 0.6 is 11.6 Å². The van der Waals surface area contributed by atoms with Crippen LogP contribution in [0, 0.1) is 5.92 Å². The number of nitrogens with zero attached hydrogens (tertiary/aromatic N) is 1. The number of carboxylic acid groups (broad SMARTS) is 1. The lowest BCUT2D eigenvalue weighted by Gasteiger charge is -2.18. The molecule has 0 saturated heterocycles. The van der Waals surface area contributed by atoms with E-state index in [9.17, 15) is 9.59 Å². The molecule has 0 aliphatic heterocycles. The molecular formula is C14H19ClN2O3. The average Bonchev–Trinajstić information content (AvgIpc) is 2.34. The van der Waals surface area contributed by atoms with E-state index in [-0.39, 0.29) is 11.1 Å². The molecule has 6 heteroatoms. The molecule has 20 heavy (non-hydrogen) atoms. The highest BCUT2D eigenvalue weighted by molar-refractivity contribution is 6.29. The quantitative estimate of drug-likeness (QED) is 0.791. The second kappa shape index (κ2) is 7.24. The fourth-order valence-corrected chi connectivity index (χ4v) is 2.03. The maximum atomic E-state index is 12.1. The van der Waals surface area contributed by atoms with E-state index in [4.69, 9.17) is 16.7 Å². The highest BCUT2D eigenvalue weighted by Crippen LogP contribution is 2.13. The summed E-state index contributed by atoms with van der Waals surface area (Å²) in [7, 11) is 0. The molecule has 1 heterocycles. The average molecular weight is 299 g/mol. The molecular weight excluding hydrogens is 280 g/mol. The van der Waals surface area contributed by atoms with Crippen molar-refractivity contribution < 1.29 is 14.7 Å². The van der Waals surface area contributed by atoms with E-state index in [0.29, 0.717) is 12.0 Å². The number of carbonyl (C=O) groups is 2. The lowest BCUT2D eigenvalue weighted by molar-refractivity contribution is -0.140. The Bertz CT molecular complexity index is 503. The van der Waals surface area contributed by atoms with Crippen molar-refractivity contribution in [1.29, 1.82) is 0 Å². The number of aliphatic carboxylic acids is 1. The van der Waals surface area contributed by atoms with Crippen molar-refractivity contribution in [3.63, 3.8) is 0 Å². The number of carbonyl (C=O) groups excluding carboxylic acids is 1. The number of amides is 1. The number of hydrogen-bond acceptors (Lipinski definition) is 3. The van der Waals surface area contributed by atoms with E-state index in [1.165, 1.54) is 6.07 Å². The van der Waals surface area contributed by atoms with E-state index in [1.54, 1.807) is 19.9 Å². The predicted octanol–water partition coefficient (Wildman–Crippen LogP) is 2.53. The molecule has 0 radical (unpaired) electrons. The van der Waals surface area contributed by atoms with Crippen LogP contribution in [0.2, 0.25) is 5.15 Å². The normalized spacial score (nSPS) is 12.2. The predicted molar refractivity (Wildman–Crippen MR) is 77.0 cm³/mol. The summed E-state index contributed by atoms with van der Waals surface area (Å²) in [5.74, 6) is -1.71. The Hall–Kier alpha value is -1.62. The number of hydrogen-bond donors (Lipinski definition) is 2. The summed E-state index contributed by atoms with van der Waals surface area (Å²) in [5, 5.41) is 11.8. The number of aryl methyl sites for hydroxylation is 1. The fraction of sp³-hybridized carbons (Fsp3) is 0.500. The third-order valence-electron chi connectivity index (χ3n) is 2.83. The number of pyridine rings is 1. The van der Waals surface area contributed by atoms with Gasteiger partial charge in [-0.1, -0.05) is 38.8 Å². The topological polar surface area (TPSA) is 79.3 Å². The molecule has 5 nitrogen and oxygen atoms in total. The van der Waals surface area contributed by atoms with Crippen molar-refractivity contribution in [3.8, 4) is 0 Å². The zero-order valence-corrected chi connectivity index (χ0v) is 12.6. The van der Waals surface area contributed by atoms with Gasteiger partial charge in [0.15, 0.2) is 0 Å². The molecule has 0 saturated carbocycles. The summed E-state index contributed by atoms with van der Waals surface area (Å²) in [6, 6.07) is 2.16. The minimum absolute atomic E-state index is 0.205. The Labute approximate surface area is 123 Å². The first-order valence-electron chi connectivity index (χ1n) is 6.55. The van der Waals surface area contributed by atoms with Gasteiger partial charge in [-0.15, -0.1) is 0 Å². The van der Waals surface area contributed by atoms with Crippen LogP contribution in [-0.4, -0.2) is 28.0 Å². The van der Waals surface area contributed by atoms with Crippen LogP contribution in [0.25, 0.3) is 0 Å². The maximum absolute atomic E-state index is 12.1. The van der Waals surface area contributed by atoms with Gasteiger partial charge in [-0.25, -0.2) is 9.78 Å². The van der Waals surface area contributed by atoms with Gasteiger partial charge in [-0.05, 0) is 24.5 Å². The summed E-state index contributed by atoms with van der Waals surface area (Å²) in [5.41, 5.74) is 1.06. The first kappa shape index (κ1) is 16.4. The van der Waals surface area contributed by atoms with Crippen LogP contribution in [0.3, 0.4) is 0 Å². The molecule has 1 aromatic heterocycles. The number of aromatic nitrogens is 1. The van der Waals surface area contributed by atoms with Gasteiger partial charge in [0.1, 0.15) is 11.2 Å². The van der Waals surface area contributed by atoms with Gasteiger partial charge in [0.05, 0.1) is 0 Å². The molecule has 0 aliphatic rings. The van der Waals surface area contributed by atoms with Crippen molar-refractivity contribution in [2.75, 3.05) is 0 Å². The van der Waals surface area contributed by atoms with Crippen molar-refractivity contribution >= 4 is 23.5 Å². The Balaban J connectivity index is 2.94. The first-order valence-corrected chi connectivity index (χ1v) is 6.93.